The highest BCUT2D eigenvalue weighted by molar-refractivity contribution is 9.10. The second kappa shape index (κ2) is 10.6. The molecule has 1 amide bonds. The number of benzene rings is 4. The number of ether oxygens (including phenoxy) is 1. The van der Waals surface area contributed by atoms with Crippen LogP contribution < -0.4 is 10.1 Å². The minimum absolute atomic E-state index is 0.0249. The van der Waals surface area contributed by atoms with Gasteiger partial charge in [0.1, 0.15) is 24.0 Å². The fourth-order valence-electron chi connectivity index (χ4n) is 3.97. The van der Waals surface area contributed by atoms with Gasteiger partial charge in [0.15, 0.2) is 0 Å². The topological polar surface area (TPSA) is 62.1 Å². The maximum absolute atomic E-state index is 12.7. The van der Waals surface area contributed by atoms with Crippen LogP contribution in [-0.4, -0.2) is 5.91 Å². The molecule has 5 heteroatoms. The number of nitrogens with one attached hydrogen (secondary N) is 1. The lowest BCUT2D eigenvalue weighted by Crippen LogP contribution is -2.14. The van der Waals surface area contributed by atoms with Crippen molar-refractivity contribution >= 4 is 44.4 Å². The Hall–Kier alpha value is -3.88. The molecule has 0 saturated heterocycles. The molecule has 0 unspecified atom stereocenters. The molecule has 35 heavy (non-hydrogen) atoms. The van der Waals surface area contributed by atoms with E-state index in [1.54, 1.807) is 6.08 Å². The Balaban J connectivity index is 1.51. The number of nitriles is 1. The van der Waals surface area contributed by atoms with Crippen molar-refractivity contribution < 1.29 is 9.53 Å². The quantitative estimate of drug-likeness (QED) is 0.208. The first-order valence-electron chi connectivity index (χ1n) is 11.3. The third kappa shape index (κ3) is 5.62. The number of fused-ring (bicyclic) bond motifs is 1. The maximum Gasteiger partial charge on any atom is 0.266 e. The van der Waals surface area contributed by atoms with Gasteiger partial charge >= 0.3 is 0 Å². The summed E-state index contributed by atoms with van der Waals surface area (Å²) < 4.78 is 6.88. The number of hydrogen-bond donors (Lipinski definition) is 1. The molecule has 4 nitrogen and oxygen atoms in total. The van der Waals surface area contributed by atoms with Crippen LogP contribution in [0.3, 0.4) is 0 Å². The third-order valence-corrected chi connectivity index (χ3v) is 6.53. The highest BCUT2D eigenvalue weighted by Gasteiger charge is 2.12. The van der Waals surface area contributed by atoms with Crippen molar-refractivity contribution in [1.29, 1.82) is 5.26 Å². The van der Waals surface area contributed by atoms with Gasteiger partial charge in [0.2, 0.25) is 0 Å². The highest BCUT2D eigenvalue weighted by Crippen LogP contribution is 2.30. The summed E-state index contributed by atoms with van der Waals surface area (Å²) in [5, 5.41) is 14.8. The molecule has 4 rings (SSSR count). The molecule has 0 spiro atoms. The Kier molecular flexibility index (Phi) is 7.33. The van der Waals surface area contributed by atoms with Crippen molar-refractivity contribution in [2.75, 3.05) is 5.32 Å². The SMILES string of the molecule is Cc1ccc(NC(=O)/C(C#N)=C/c2ccc(OCc3c(C)ccc4ccccc34)c(Br)c2)c(C)c1. The molecule has 0 aliphatic heterocycles. The second-order valence-electron chi connectivity index (χ2n) is 8.50. The number of anilines is 1. The van der Waals surface area contributed by atoms with E-state index in [9.17, 15) is 10.1 Å². The van der Waals surface area contributed by atoms with E-state index in [1.165, 1.54) is 16.3 Å². The Morgan fingerprint density at radius 1 is 1.00 bits per heavy atom. The number of carbonyl (C=O) groups is 1. The zero-order valence-corrected chi connectivity index (χ0v) is 21.4. The van der Waals surface area contributed by atoms with Gasteiger partial charge in [-0.15, -0.1) is 0 Å². The van der Waals surface area contributed by atoms with E-state index in [-0.39, 0.29) is 5.57 Å². The number of amides is 1. The van der Waals surface area contributed by atoms with Gasteiger partial charge in [-0.1, -0.05) is 60.2 Å². The minimum Gasteiger partial charge on any atom is -0.488 e. The number of nitrogens with zero attached hydrogens (tertiary/aromatic N) is 1. The van der Waals surface area contributed by atoms with Gasteiger partial charge in [-0.05, 0) is 88.4 Å². The molecule has 4 aromatic rings. The average Bonchev–Trinajstić information content (AvgIpc) is 2.84. The van der Waals surface area contributed by atoms with Crippen LogP contribution in [0.5, 0.6) is 5.75 Å². The summed E-state index contributed by atoms with van der Waals surface area (Å²) in [6, 6.07) is 25.8. The van der Waals surface area contributed by atoms with Gasteiger partial charge in [0.05, 0.1) is 4.47 Å². The standard InChI is InChI=1S/C30H25BrN2O2/c1-19-8-12-28(21(3)14-19)33-30(34)24(17-32)15-22-10-13-29(27(31)16-22)35-18-26-20(2)9-11-23-6-4-5-7-25(23)26/h4-16H,18H2,1-3H3,(H,33,34)/b24-15+. The molecule has 4 aromatic carbocycles. The van der Waals surface area contributed by atoms with Crippen molar-refractivity contribution in [1.82, 2.24) is 0 Å². The lowest BCUT2D eigenvalue weighted by Gasteiger charge is -2.13. The molecule has 0 aliphatic carbocycles. The zero-order chi connectivity index (χ0) is 24.9. The first kappa shape index (κ1) is 24.3. The van der Waals surface area contributed by atoms with Gasteiger partial charge in [-0.2, -0.15) is 5.26 Å². The summed E-state index contributed by atoms with van der Waals surface area (Å²) in [5.41, 5.74) is 5.81. The van der Waals surface area contributed by atoms with E-state index in [0.29, 0.717) is 18.0 Å². The van der Waals surface area contributed by atoms with Crippen LogP contribution >= 0.6 is 15.9 Å². The van der Waals surface area contributed by atoms with Crippen LogP contribution in [0, 0.1) is 32.1 Å². The van der Waals surface area contributed by atoms with Crippen LogP contribution in [0.4, 0.5) is 5.69 Å². The van der Waals surface area contributed by atoms with E-state index < -0.39 is 5.91 Å². The van der Waals surface area contributed by atoms with Gasteiger partial charge in [0, 0.05) is 11.3 Å². The maximum atomic E-state index is 12.7. The summed E-state index contributed by atoms with van der Waals surface area (Å²) in [6.07, 6.45) is 1.57. The summed E-state index contributed by atoms with van der Waals surface area (Å²) in [4.78, 5) is 12.7. The second-order valence-corrected chi connectivity index (χ2v) is 9.36. The van der Waals surface area contributed by atoms with Gasteiger partial charge in [0.25, 0.3) is 5.91 Å². The van der Waals surface area contributed by atoms with E-state index in [1.807, 2.05) is 68.4 Å². The van der Waals surface area contributed by atoms with Crippen LogP contribution in [0.1, 0.15) is 27.8 Å². The van der Waals surface area contributed by atoms with Gasteiger partial charge < -0.3 is 10.1 Å². The molecule has 0 fully saturated rings. The van der Waals surface area contributed by atoms with Crippen molar-refractivity contribution in [3.8, 4) is 11.8 Å². The minimum atomic E-state index is -0.442. The lowest BCUT2D eigenvalue weighted by molar-refractivity contribution is -0.112. The van der Waals surface area contributed by atoms with Crippen molar-refractivity contribution in [3.05, 3.63) is 111 Å². The van der Waals surface area contributed by atoms with Crippen LogP contribution in [-0.2, 0) is 11.4 Å². The molecule has 0 atom stereocenters. The molecule has 0 heterocycles. The Morgan fingerprint density at radius 3 is 2.54 bits per heavy atom. The molecule has 0 saturated carbocycles. The Morgan fingerprint density at radius 2 is 1.80 bits per heavy atom. The molecule has 174 valence electrons. The smallest absolute Gasteiger partial charge is 0.266 e. The molecule has 1 N–H and O–H groups in total. The number of hydrogen-bond acceptors (Lipinski definition) is 3. The Labute approximate surface area is 214 Å². The molecule has 0 bridgehead atoms. The van der Waals surface area contributed by atoms with Crippen molar-refractivity contribution in [2.45, 2.75) is 27.4 Å². The molecule has 0 radical (unpaired) electrons. The fourth-order valence-corrected chi connectivity index (χ4v) is 4.48. The largest absolute Gasteiger partial charge is 0.488 e. The Bertz CT molecular complexity index is 1500. The van der Waals surface area contributed by atoms with E-state index in [0.717, 1.165) is 26.7 Å². The summed E-state index contributed by atoms with van der Waals surface area (Å²) in [7, 11) is 0. The predicted molar refractivity (Wildman–Crippen MR) is 145 cm³/mol. The predicted octanol–water partition coefficient (Wildman–Crippen LogP) is 7.65. The average molecular weight is 525 g/mol. The number of halogens is 1. The third-order valence-electron chi connectivity index (χ3n) is 5.91. The molecule has 0 aliphatic rings. The molecular formula is C30H25BrN2O2. The van der Waals surface area contributed by atoms with Crippen molar-refractivity contribution in [3.63, 3.8) is 0 Å². The molecule has 0 aromatic heterocycles. The van der Waals surface area contributed by atoms with Gasteiger partial charge in [-0.3, -0.25) is 4.79 Å². The van der Waals surface area contributed by atoms with Crippen LogP contribution in [0.25, 0.3) is 16.8 Å². The summed E-state index contributed by atoms with van der Waals surface area (Å²) >= 11 is 3.57. The number of rotatable bonds is 6. The first-order chi connectivity index (χ1) is 16.9. The zero-order valence-electron chi connectivity index (χ0n) is 19.9. The van der Waals surface area contributed by atoms with E-state index >= 15 is 0 Å². The summed E-state index contributed by atoms with van der Waals surface area (Å²) in [6.45, 7) is 6.44. The van der Waals surface area contributed by atoms with E-state index in [4.69, 9.17) is 4.74 Å². The highest BCUT2D eigenvalue weighted by atomic mass is 79.9. The van der Waals surface area contributed by atoms with Crippen LogP contribution in [0.2, 0.25) is 0 Å². The summed E-state index contributed by atoms with van der Waals surface area (Å²) in [5.74, 6) is 0.245. The van der Waals surface area contributed by atoms with Crippen LogP contribution in [0.15, 0.2) is 82.8 Å². The monoisotopic (exact) mass is 524 g/mol. The van der Waals surface area contributed by atoms with Gasteiger partial charge in [-0.25, -0.2) is 0 Å². The fraction of sp³-hybridized carbons (Fsp3) is 0.133. The first-order valence-corrected chi connectivity index (χ1v) is 12.0. The number of carbonyl (C=O) groups excluding carboxylic acids is 1. The molecular weight excluding hydrogens is 500 g/mol. The van der Waals surface area contributed by atoms with E-state index in [2.05, 4.69) is 52.4 Å². The number of aryl methyl sites for hydroxylation is 3. The van der Waals surface area contributed by atoms with Crippen molar-refractivity contribution in [2.24, 2.45) is 0 Å². The normalized spacial score (nSPS) is 11.2. The lowest BCUT2D eigenvalue weighted by atomic mass is 10.0.